The van der Waals surface area contributed by atoms with Crippen molar-refractivity contribution < 1.29 is 19.4 Å². The van der Waals surface area contributed by atoms with Gasteiger partial charge >= 0.3 is 0 Å². The van der Waals surface area contributed by atoms with Crippen LogP contribution >= 0.6 is 0 Å². The van der Waals surface area contributed by atoms with Crippen molar-refractivity contribution in [2.24, 2.45) is 0 Å². The summed E-state index contributed by atoms with van der Waals surface area (Å²) in [5.74, 6) is -0.104. The van der Waals surface area contributed by atoms with Gasteiger partial charge in [0.05, 0.1) is 18.7 Å². The van der Waals surface area contributed by atoms with Gasteiger partial charge in [-0.2, -0.15) is 0 Å². The van der Waals surface area contributed by atoms with E-state index in [0.29, 0.717) is 32.0 Å². The van der Waals surface area contributed by atoms with Crippen LogP contribution in [0.2, 0.25) is 0 Å². The molecule has 6 rings (SSSR count). The molecule has 3 fully saturated rings. The molecule has 3 aromatic rings. The van der Waals surface area contributed by atoms with Crippen LogP contribution in [0.3, 0.4) is 0 Å². The molecule has 4 heterocycles. The van der Waals surface area contributed by atoms with E-state index in [4.69, 9.17) is 9.47 Å². The second-order valence-corrected chi connectivity index (χ2v) is 8.99. The Kier molecular flexibility index (Phi) is 4.52. The number of aliphatic hydroxyl groups is 1. The number of rotatable bonds is 2. The Morgan fingerprint density at radius 1 is 1.06 bits per heavy atom. The first kappa shape index (κ1) is 19.2. The molecular weight excluding hydrogens is 394 g/mol. The minimum atomic E-state index is -0.769. The molecule has 2 N–H and O–H groups in total. The number of hydrogen-bond acceptors (Lipinski definition) is 5. The Morgan fingerprint density at radius 3 is 2.65 bits per heavy atom. The summed E-state index contributed by atoms with van der Waals surface area (Å²) in [6.45, 7) is 1.38. The molecule has 162 valence electrons. The molecule has 3 aliphatic rings. The second-order valence-electron chi connectivity index (χ2n) is 8.99. The highest BCUT2D eigenvalue weighted by Gasteiger charge is 2.41. The lowest BCUT2D eigenvalue weighted by molar-refractivity contribution is -0.178. The largest absolute Gasteiger partial charge is 0.374 e. The number of ether oxygens (including phenoxy) is 2. The van der Waals surface area contributed by atoms with Crippen molar-refractivity contribution in [2.45, 2.75) is 62.5 Å². The lowest BCUT2D eigenvalue weighted by Gasteiger charge is -2.35. The molecule has 1 aliphatic carbocycles. The van der Waals surface area contributed by atoms with Crippen LogP contribution < -0.4 is 5.32 Å². The number of benzene rings is 1. The fourth-order valence-corrected chi connectivity index (χ4v) is 5.79. The Balaban J connectivity index is 1.46. The van der Waals surface area contributed by atoms with Gasteiger partial charge in [0.25, 0.3) is 0 Å². The predicted molar refractivity (Wildman–Crippen MR) is 116 cm³/mol. The number of piperidine rings is 1. The van der Waals surface area contributed by atoms with Gasteiger partial charge in [0.1, 0.15) is 17.9 Å². The van der Waals surface area contributed by atoms with Gasteiger partial charge in [-0.15, -0.1) is 0 Å². The molecule has 2 aromatic heterocycles. The monoisotopic (exact) mass is 421 g/mol. The van der Waals surface area contributed by atoms with Gasteiger partial charge in [0.2, 0.25) is 5.91 Å². The highest BCUT2D eigenvalue weighted by Crippen LogP contribution is 2.46. The average Bonchev–Trinajstić information content (AvgIpc) is 3.37. The summed E-state index contributed by atoms with van der Waals surface area (Å²) in [5, 5.41) is 14.8. The van der Waals surface area contributed by atoms with Crippen molar-refractivity contribution in [1.82, 2.24) is 14.9 Å². The Bertz CT molecular complexity index is 1140. The van der Waals surface area contributed by atoms with Gasteiger partial charge in [-0.1, -0.05) is 12.1 Å². The number of pyridine rings is 1. The molecule has 2 atom stereocenters. The van der Waals surface area contributed by atoms with Gasteiger partial charge in [0, 0.05) is 29.8 Å². The van der Waals surface area contributed by atoms with E-state index in [0.717, 1.165) is 42.2 Å². The molecule has 2 unspecified atom stereocenters. The second kappa shape index (κ2) is 7.29. The Hall–Kier alpha value is -2.48. The third-order valence-corrected chi connectivity index (χ3v) is 7.26. The first-order chi connectivity index (χ1) is 15.2. The van der Waals surface area contributed by atoms with Crippen molar-refractivity contribution in [3.63, 3.8) is 0 Å². The quantitative estimate of drug-likeness (QED) is 0.663. The molecule has 1 amide bonds. The van der Waals surface area contributed by atoms with Crippen molar-refractivity contribution in [2.75, 3.05) is 13.2 Å². The lowest BCUT2D eigenvalue weighted by atomic mass is 9.79. The minimum absolute atomic E-state index is 0.149. The molecular formula is C24H27N3O4. The summed E-state index contributed by atoms with van der Waals surface area (Å²) in [6, 6.07) is 10.1. The maximum absolute atomic E-state index is 12.8. The third kappa shape index (κ3) is 3.06. The van der Waals surface area contributed by atoms with Gasteiger partial charge in [-0.25, -0.2) is 4.98 Å². The smallest absolute Gasteiger partial charge is 0.245 e. The van der Waals surface area contributed by atoms with E-state index in [1.165, 1.54) is 10.9 Å². The Labute approximate surface area is 180 Å². The lowest BCUT2D eigenvalue weighted by Crippen LogP contribution is -2.44. The zero-order valence-corrected chi connectivity index (χ0v) is 17.4. The number of nitrogens with one attached hydrogen (secondary N) is 1. The minimum Gasteiger partial charge on any atom is -0.374 e. The van der Waals surface area contributed by atoms with E-state index in [1.54, 1.807) is 6.20 Å². The van der Waals surface area contributed by atoms with E-state index in [1.807, 2.05) is 6.07 Å². The van der Waals surface area contributed by atoms with Crippen LogP contribution in [0.15, 0.2) is 36.5 Å². The number of nitrogens with zero attached hydrogens (tertiary/aromatic N) is 2. The molecule has 7 heteroatoms. The average molecular weight is 421 g/mol. The van der Waals surface area contributed by atoms with Gasteiger partial charge in [0.15, 0.2) is 5.79 Å². The summed E-state index contributed by atoms with van der Waals surface area (Å²) >= 11 is 0. The molecule has 31 heavy (non-hydrogen) atoms. The van der Waals surface area contributed by atoms with Crippen molar-refractivity contribution in [1.29, 1.82) is 0 Å². The standard InChI is InChI=1S/C24H27N3O4/c28-20-7-6-19(23(29)26-20)27-18-5-1-3-16(21(18)17-4-2-12-25-22(17)27)15-8-10-24(11-9-15)30-13-14-31-24/h1-5,12,15,19-20,28H,6-11,13-14H2,(H,26,29). The van der Waals surface area contributed by atoms with Crippen LogP contribution in [-0.2, 0) is 14.3 Å². The number of aliphatic hydroxyl groups excluding tert-OH is 1. The molecule has 1 saturated carbocycles. The van der Waals surface area contributed by atoms with E-state index in [-0.39, 0.29) is 17.7 Å². The number of carbonyl (C=O) groups excluding carboxylic acids is 1. The fraction of sp³-hybridized carbons (Fsp3) is 0.500. The molecule has 2 saturated heterocycles. The van der Waals surface area contributed by atoms with Crippen LogP contribution in [-0.4, -0.2) is 45.8 Å². The van der Waals surface area contributed by atoms with Crippen LogP contribution in [0.1, 0.15) is 56.0 Å². The van der Waals surface area contributed by atoms with Crippen LogP contribution in [0, 0.1) is 0 Å². The predicted octanol–water partition coefficient (Wildman–Crippen LogP) is 3.36. The number of amides is 1. The highest BCUT2D eigenvalue weighted by atomic mass is 16.7. The van der Waals surface area contributed by atoms with Crippen molar-refractivity contribution >= 4 is 27.8 Å². The van der Waals surface area contributed by atoms with Gasteiger partial charge in [-0.3, -0.25) is 4.79 Å². The summed E-state index contributed by atoms with van der Waals surface area (Å²) in [5.41, 5.74) is 3.19. The number of carbonyl (C=O) groups is 1. The van der Waals surface area contributed by atoms with Gasteiger partial charge < -0.3 is 24.5 Å². The zero-order valence-electron chi connectivity index (χ0n) is 17.4. The Morgan fingerprint density at radius 2 is 1.87 bits per heavy atom. The van der Waals surface area contributed by atoms with Crippen molar-refractivity contribution in [3.05, 3.63) is 42.1 Å². The van der Waals surface area contributed by atoms with E-state index < -0.39 is 6.23 Å². The highest BCUT2D eigenvalue weighted by molar-refractivity contribution is 6.09. The first-order valence-electron chi connectivity index (χ1n) is 11.3. The summed E-state index contributed by atoms with van der Waals surface area (Å²) in [4.78, 5) is 17.4. The molecule has 0 bridgehead atoms. The van der Waals surface area contributed by atoms with Gasteiger partial charge in [-0.05, 0) is 55.4 Å². The first-order valence-corrected chi connectivity index (χ1v) is 11.3. The summed E-state index contributed by atoms with van der Waals surface area (Å²) < 4.78 is 13.9. The summed E-state index contributed by atoms with van der Waals surface area (Å²) in [7, 11) is 0. The third-order valence-electron chi connectivity index (χ3n) is 7.26. The number of hydrogen-bond donors (Lipinski definition) is 2. The van der Waals surface area contributed by atoms with Crippen LogP contribution in [0.4, 0.5) is 0 Å². The normalized spacial score (nSPS) is 26.7. The molecule has 2 aliphatic heterocycles. The molecule has 0 radical (unpaired) electrons. The molecule has 1 aromatic carbocycles. The van der Waals surface area contributed by atoms with E-state index in [9.17, 15) is 9.90 Å². The number of fused-ring (bicyclic) bond motifs is 3. The SMILES string of the molecule is O=C1NC(O)CCC1n1c2cccc(C3CCC4(CC3)OCCO4)c2c2cccnc21. The van der Waals surface area contributed by atoms with E-state index >= 15 is 0 Å². The maximum Gasteiger partial charge on any atom is 0.245 e. The van der Waals surface area contributed by atoms with Crippen LogP contribution in [0.5, 0.6) is 0 Å². The molecule has 1 spiro atoms. The molecule has 7 nitrogen and oxygen atoms in total. The number of aromatic nitrogens is 2. The topological polar surface area (TPSA) is 85.6 Å². The van der Waals surface area contributed by atoms with E-state index in [2.05, 4.69) is 39.1 Å². The summed E-state index contributed by atoms with van der Waals surface area (Å²) in [6.07, 6.45) is 6.00. The van der Waals surface area contributed by atoms with Crippen LogP contribution in [0.25, 0.3) is 21.9 Å². The maximum atomic E-state index is 12.8. The fourth-order valence-electron chi connectivity index (χ4n) is 5.79. The van der Waals surface area contributed by atoms with Crippen molar-refractivity contribution in [3.8, 4) is 0 Å². The zero-order chi connectivity index (χ0) is 21.0.